The molecule has 1 heterocycles. The van der Waals surface area contributed by atoms with Gasteiger partial charge in [-0.05, 0) is 0 Å². The first-order valence-corrected chi connectivity index (χ1v) is 4.51. The molecule has 1 aromatic heterocycles. The monoisotopic (exact) mass is 227 g/mol. The summed E-state index contributed by atoms with van der Waals surface area (Å²) in [7, 11) is 2.88. The van der Waals surface area contributed by atoms with Crippen LogP contribution < -0.4 is 10.1 Å². The van der Waals surface area contributed by atoms with Crippen molar-refractivity contribution in [3.8, 4) is 5.88 Å². The standard InChI is InChI=1S/C9H13N3O4/c1-15-5-6(9(13)14)11-7-3-10-4-8(12-7)16-2/h3-4,6H,5H2,1-2H3,(H,11,12)(H,13,14). The lowest BCUT2D eigenvalue weighted by Gasteiger charge is -2.13. The summed E-state index contributed by atoms with van der Waals surface area (Å²) in [6.07, 6.45) is 2.84. The third-order valence-corrected chi connectivity index (χ3v) is 1.78. The Labute approximate surface area is 92.4 Å². The lowest BCUT2D eigenvalue weighted by molar-refractivity contribution is -0.139. The molecule has 0 bridgehead atoms. The number of anilines is 1. The van der Waals surface area contributed by atoms with Gasteiger partial charge in [-0.2, -0.15) is 4.98 Å². The molecule has 1 rings (SSSR count). The second-order valence-corrected chi connectivity index (χ2v) is 2.94. The normalized spacial score (nSPS) is 11.9. The highest BCUT2D eigenvalue weighted by atomic mass is 16.5. The van der Waals surface area contributed by atoms with Crippen molar-refractivity contribution in [2.75, 3.05) is 26.1 Å². The van der Waals surface area contributed by atoms with E-state index >= 15 is 0 Å². The molecule has 0 saturated carbocycles. The Hall–Kier alpha value is -1.89. The zero-order valence-corrected chi connectivity index (χ0v) is 9.01. The summed E-state index contributed by atoms with van der Waals surface area (Å²) < 4.78 is 9.64. The Morgan fingerprint density at radius 2 is 2.31 bits per heavy atom. The largest absolute Gasteiger partial charge is 0.480 e. The van der Waals surface area contributed by atoms with Gasteiger partial charge in [0.1, 0.15) is 11.9 Å². The van der Waals surface area contributed by atoms with E-state index in [4.69, 9.17) is 14.6 Å². The molecular formula is C9H13N3O4. The summed E-state index contributed by atoms with van der Waals surface area (Å²) in [6, 6.07) is -0.869. The number of aliphatic carboxylic acids is 1. The number of aromatic nitrogens is 2. The van der Waals surface area contributed by atoms with Crippen molar-refractivity contribution in [1.82, 2.24) is 9.97 Å². The zero-order chi connectivity index (χ0) is 12.0. The Morgan fingerprint density at radius 3 is 2.88 bits per heavy atom. The molecule has 1 unspecified atom stereocenters. The van der Waals surface area contributed by atoms with E-state index in [0.29, 0.717) is 11.7 Å². The minimum atomic E-state index is -1.02. The van der Waals surface area contributed by atoms with Gasteiger partial charge in [-0.25, -0.2) is 4.79 Å². The third kappa shape index (κ3) is 3.35. The van der Waals surface area contributed by atoms with E-state index < -0.39 is 12.0 Å². The van der Waals surface area contributed by atoms with E-state index in [0.717, 1.165) is 0 Å². The van der Waals surface area contributed by atoms with Crippen LogP contribution in [0.2, 0.25) is 0 Å². The molecule has 16 heavy (non-hydrogen) atoms. The predicted molar refractivity (Wildman–Crippen MR) is 55.5 cm³/mol. The van der Waals surface area contributed by atoms with Crippen LogP contribution in [-0.4, -0.2) is 47.9 Å². The molecule has 0 fully saturated rings. The van der Waals surface area contributed by atoms with E-state index in [1.165, 1.54) is 26.6 Å². The van der Waals surface area contributed by atoms with Crippen molar-refractivity contribution >= 4 is 11.8 Å². The van der Waals surface area contributed by atoms with Gasteiger partial charge in [-0.15, -0.1) is 0 Å². The number of carboxylic acids is 1. The Balaban J connectivity index is 2.72. The van der Waals surface area contributed by atoms with Crippen LogP contribution >= 0.6 is 0 Å². The number of hydrogen-bond donors (Lipinski definition) is 2. The fourth-order valence-corrected chi connectivity index (χ4v) is 1.04. The van der Waals surface area contributed by atoms with Crippen molar-refractivity contribution in [2.24, 2.45) is 0 Å². The van der Waals surface area contributed by atoms with Gasteiger partial charge < -0.3 is 19.9 Å². The predicted octanol–water partition coefficient (Wildman–Crippen LogP) is -0.00330. The maximum atomic E-state index is 10.8. The van der Waals surface area contributed by atoms with Crippen LogP contribution in [0.25, 0.3) is 0 Å². The van der Waals surface area contributed by atoms with Gasteiger partial charge in [0, 0.05) is 7.11 Å². The lowest BCUT2D eigenvalue weighted by atomic mass is 10.3. The van der Waals surface area contributed by atoms with Crippen LogP contribution in [0.4, 0.5) is 5.82 Å². The van der Waals surface area contributed by atoms with Gasteiger partial charge in [0.05, 0.1) is 26.1 Å². The molecule has 7 heteroatoms. The van der Waals surface area contributed by atoms with Gasteiger partial charge in [-0.1, -0.05) is 0 Å². The number of carbonyl (C=O) groups is 1. The number of carboxylic acid groups (broad SMARTS) is 1. The van der Waals surface area contributed by atoms with Gasteiger partial charge in [0.25, 0.3) is 0 Å². The summed E-state index contributed by atoms with van der Waals surface area (Å²) in [5.74, 6) is -0.387. The summed E-state index contributed by atoms with van der Waals surface area (Å²) in [5, 5.41) is 11.5. The maximum absolute atomic E-state index is 10.8. The van der Waals surface area contributed by atoms with Crippen LogP contribution in [0, 0.1) is 0 Å². The average molecular weight is 227 g/mol. The summed E-state index contributed by atoms with van der Waals surface area (Å²) in [6.45, 7) is 0.0359. The summed E-state index contributed by atoms with van der Waals surface area (Å²) in [5.41, 5.74) is 0. The molecule has 1 aromatic rings. The number of nitrogens with one attached hydrogen (secondary N) is 1. The highest BCUT2D eigenvalue weighted by molar-refractivity contribution is 5.76. The van der Waals surface area contributed by atoms with Crippen molar-refractivity contribution in [3.63, 3.8) is 0 Å². The minimum absolute atomic E-state index is 0.0359. The molecule has 0 spiro atoms. The van der Waals surface area contributed by atoms with Crippen molar-refractivity contribution in [2.45, 2.75) is 6.04 Å². The van der Waals surface area contributed by atoms with Crippen molar-refractivity contribution < 1.29 is 19.4 Å². The molecule has 7 nitrogen and oxygen atoms in total. The fraction of sp³-hybridized carbons (Fsp3) is 0.444. The molecule has 0 saturated heterocycles. The third-order valence-electron chi connectivity index (χ3n) is 1.78. The zero-order valence-electron chi connectivity index (χ0n) is 9.01. The fourth-order valence-electron chi connectivity index (χ4n) is 1.04. The topological polar surface area (TPSA) is 93.6 Å². The first-order valence-electron chi connectivity index (χ1n) is 4.51. The highest BCUT2D eigenvalue weighted by Crippen LogP contribution is 2.09. The van der Waals surface area contributed by atoms with E-state index in [1.807, 2.05) is 0 Å². The number of nitrogens with zero attached hydrogens (tertiary/aromatic N) is 2. The van der Waals surface area contributed by atoms with Crippen LogP contribution in [0.15, 0.2) is 12.4 Å². The van der Waals surface area contributed by atoms with Gasteiger partial charge in [0.15, 0.2) is 0 Å². The van der Waals surface area contributed by atoms with Crippen molar-refractivity contribution in [3.05, 3.63) is 12.4 Å². The molecule has 0 aromatic carbocycles. The SMILES string of the molecule is COCC(Nc1cncc(OC)n1)C(=O)O. The molecule has 2 N–H and O–H groups in total. The first-order chi connectivity index (χ1) is 7.67. The Morgan fingerprint density at radius 1 is 1.56 bits per heavy atom. The maximum Gasteiger partial charge on any atom is 0.328 e. The van der Waals surface area contributed by atoms with Crippen LogP contribution in [-0.2, 0) is 9.53 Å². The molecule has 0 aliphatic carbocycles. The van der Waals surface area contributed by atoms with Crippen molar-refractivity contribution in [1.29, 1.82) is 0 Å². The lowest BCUT2D eigenvalue weighted by Crippen LogP contribution is -2.34. The number of methoxy groups -OCH3 is 2. The van der Waals surface area contributed by atoms with E-state index in [2.05, 4.69) is 15.3 Å². The van der Waals surface area contributed by atoms with E-state index in [1.54, 1.807) is 0 Å². The minimum Gasteiger partial charge on any atom is -0.480 e. The van der Waals surface area contributed by atoms with Gasteiger partial charge in [-0.3, -0.25) is 4.98 Å². The Bertz CT molecular complexity index is 358. The quantitative estimate of drug-likeness (QED) is 0.706. The van der Waals surface area contributed by atoms with E-state index in [-0.39, 0.29) is 6.61 Å². The van der Waals surface area contributed by atoms with Crippen LogP contribution in [0.3, 0.4) is 0 Å². The highest BCUT2D eigenvalue weighted by Gasteiger charge is 2.17. The van der Waals surface area contributed by atoms with Crippen LogP contribution in [0.5, 0.6) is 5.88 Å². The molecular weight excluding hydrogens is 214 g/mol. The number of rotatable bonds is 6. The summed E-state index contributed by atoms with van der Waals surface area (Å²) in [4.78, 5) is 18.7. The second kappa shape index (κ2) is 5.86. The smallest absolute Gasteiger partial charge is 0.328 e. The molecule has 88 valence electrons. The molecule has 0 aliphatic heterocycles. The van der Waals surface area contributed by atoms with Gasteiger partial charge >= 0.3 is 5.97 Å². The Kier molecular flexibility index (Phi) is 4.46. The number of hydrogen-bond acceptors (Lipinski definition) is 6. The van der Waals surface area contributed by atoms with Gasteiger partial charge in [0.2, 0.25) is 5.88 Å². The second-order valence-electron chi connectivity index (χ2n) is 2.94. The molecule has 0 radical (unpaired) electrons. The average Bonchev–Trinajstić information content (AvgIpc) is 2.28. The van der Waals surface area contributed by atoms with Crippen LogP contribution in [0.1, 0.15) is 0 Å². The molecule has 0 amide bonds. The van der Waals surface area contributed by atoms with E-state index in [9.17, 15) is 4.79 Å². The molecule has 0 aliphatic rings. The first kappa shape index (κ1) is 12.2. The molecule has 1 atom stereocenters. The number of ether oxygens (including phenoxy) is 2. The summed E-state index contributed by atoms with van der Waals surface area (Å²) >= 11 is 0.